The average molecular weight is 168 g/mol. The van der Waals surface area contributed by atoms with Crippen molar-refractivity contribution in [3.05, 3.63) is 12.3 Å². The topological polar surface area (TPSA) is 29.3 Å². The van der Waals surface area contributed by atoms with Crippen molar-refractivity contribution >= 4 is 0 Å². The molecule has 0 fully saturated rings. The molecule has 0 bridgehead atoms. The standard InChI is InChI=1S/C6H11F3N2/c1-11(4-2-3-10)5-6(7,8)9/h2-3H,4-5,10H2,1H3/b3-2-. The van der Waals surface area contributed by atoms with Gasteiger partial charge < -0.3 is 5.73 Å². The molecular weight excluding hydrogens is 157 g/mol. The van der Waals surface area contributed by atoms with E-state index in [1.54, 1.807) is 0 Å². The largest absolute Gasteiger partial charge is 0.405 e. The van der Waals surface area contributed by atoms with Gasteiger partial charge in [-0.25, -0.2) is 0 Å². The first-order valence-electron chi connectivity index (χ1n) is 3.08. The van der Waals surface area contributed by atoms with E-state index in [0.717, 1.165) is 4.90 Å². The van der Waals surface area contributed by atoms with Crippen molar-refractivity contribution in [2.45, 2.75) is 6.18 Å². The Bertz CT molecular complexity index is 130. The summed E-state index contributed by atoms with van der Waals surface area (Å²) < 4.78 is 34.9. The summed E-state index contributed by atoms with van der Waals surface area (Å²) in [7, 11) is 1.38. The normalized spacial score (nSPS) is 13.2. The first-order chi connectivity index (χ1) is 4.95. The minimum atomic E-state index is -4.13. The maximum absolute atomic E-state index is 11.6. The molecule has 0 aliphatic heterocycles. The Labute approximate surface area is 63.5 Å². The first-order valence-corrected chi connectivity index (χ1v) is 3.08. The van der Waals surface area contributed by atoms with Crippen LogP contribution in [0, 0.1) is 0 Å². The van der Waals surface area contributed by atoms with Crippen LogP contribution in [0.3, 0.4) is 0 Å². The van der Waals surface area contributed by atoms with E-state index < -0.39 is 12.7 Å². The molecule has 11 heavy (non-hydrogen) atoms. The highest BCUT2D eigenvalue weighted by Crippen LogP contribution is 2.14. The van der Waals surface area contributed by atoms with Crippen LogP contribution in [0.5, 0.6) is 0 Å². The Morgan fingerprint density at radius 3 is 2.36 bits per heavy atom. The van der Waals surface area contributed by atoms with Crippen molar-refractivity contribution in [2.24, 2.45) is 5.73 Å². The molecule has 0 saturated heterocycles. The Kier molecular flexibility index (Phi) is 3.95. The second-order valence-corrected chi connectivity index (χ2v) is 2.24. The summed E-state index contributed by atoms with van der Waals surface area (Å²) in [6, 6.07) is 0. The van der Waals surface area contributed by atoms with Gasteiger partial charge in [-0.05, 0) is 13.2 Å². The maximum atomic E-state index is 11.6. The predicted octanol–water partition coefficient (Wildman–Crippen LogP) is 0.953. The number of nitrogens with two attached hydrogens (primary N) is 1. The summed E-state index contributed by atoms with van der Waals surface area (Å²) in [5, 5.41) is 0. The molecule has 0 unspecified atom stereocenters. The molecule has 0 aliphatic carbocycles. The smallest absolute Gasteiger partial charge is 0.401 e. The third kappa shape index (κ3) is 7.18. The number of hydrogen-bond donors (Lipinski definition) is 1. The quantitative estimate of drug-likeness (QED) is 0.679. The van der Waals surface area contributed by atoms with Crippen molar-refractivity contribution in [3.63, 3.8) is 0 Å². The minimum absolute atomic E-state index is 0.218. The Balaban J connectivity index is 3.60. The van der Waals surface area contributed by atoms with E-state index in [-0.39, 0.29) is 6.54 Å². The molecule has 0 spiro atoms. The van der Waals surface area contributed by atoms with Crippen LogP contribution < -0.4 is 5.73 Å². The lowest BCUT2D eigenvalue weighted by Gasteiger charge is -2.15. The van der Waals surface area contributed by atoms with Gasteiger partial charge in [-0.3, -0.25) is 4.90 Å². The van der Waals surface area contributed by atoms with E-state index in [2.05, 4.69) is 0 Å². The summed E-state index contributed by atoms with van der Waals surface area (Å²) in [5.74, 6) is 0. The van der Waals surface area contributed by atoms with Crippen LogP contribution >= 0.6 is 0 Å². The van der Waals surface area contributed by atoms with Gasteiger partial charge in [0.1, 0.15) is 0 Å². The minimum Gasteiger partial charge on any atom is -0.405 e. The van der Waals surface area contributed by atoms with Crippen LogP contribution in [0.25, 0.3) is 0 Å². The number of halogens is 3. The lowest BCUT2D eigenvalue weighted by Crippen LogP contribution is -2.31. The third-order valence-corrected chi connectivity index (χ3v) is 1.00. The Morgan fingerprint density at radius 2 is 2.00 bits per heavy atom. The fourth-order valence-corrected chi connectivity index (χ4v) is 0.611. The molecule has 0 amide bonds. The second-order valence-electron chi connectivity index (χ2n) is 2.24. The zero-order valence-corrected chi connectivity index (χ0v) is 6.23. The van der Waals surface area contributed by atoms with Gasteiger partial charge in [0.05, 0.1) is 6.54 Å². The molecule has 5 heteroatoms. The molecular formula is C6H11F3N2. The third-order valence-electron chi connectivity index (χ3n) is 1.00. The van der Waals surface area contributed by atoms with Gasteiger partial charge in [-0.15, -0.1) is 0 Å². The molecule has 0 rings (SSSR count). The maximum Gasteiger partial charge on any atom is 0.401 e. The molecule has 66 valence electrons. The summed E-state index contributed by atoms with van der Waals surface area (Å²) in [6.45, 7) is -0.687. The van der Waals surface area contributed by atoms with Gasteiger partial charge in [0.15, 0.2) is 0 Å². The van der Waals surface area contributed by atoms with Gasteiger partial charge in [0, 0.05) is 6.54 Å². The monoisotopic (exact) mass is 168 g/mol. The molecule has 0 heterocycles. The van der Waals surface area contributed by atoms with Crippen LogP contribution in [0.2, 0.25) is 0 Å². The van der Waals surface area contributed by atoms with E-state index in [0.29, 0.717) is 0 Å². The predicted molar refractivity (Wildman–Crippen MR) is 36.9 cm³/mol. The highest BCUT2D eigenvalue weighted by Gasteiger charge is 2.28. The van der Waals surface area contributed by atoms with Gasteiger partial charge in [-0.2, -0.15) is 13.2 Å². The molecule has 0 saturated carbocycles. The summed E-state index contributed by atoms with van der Waals surface area (Å²) in [5.41, 5.74) is 4.95. The second kappa shape index (κ2) is 4.23. The van der Waals surface area contributed by atoms with E-state index in [4.69, 9.17) is 5.73 Å². The van der Waals surface area contributed by atoms with E-state index in [1.807, 2.05) is 0 Å². The van der Waals surface area contributed by atoms with Crippen LogP contribution in [0.1, 0.15) is 0 Å². The molecule has 2 N–H and O–H groups in total. The van der Waals surface area contributed by atoms with Crippen LogP contribution in [0.4, 0.5) is 13.2 Å². The van der Waals surface area contributed by atoms with E-state index >= 15 is 0 Å². The van der Waals surface area contributed by atoms with Gasteiger partial charge in [0.25, 0.3) is 0 Å². The molecule has 0 radical (unpaired) electrons. The zero-order valence-electron chi connectivity index (χ0n) is 6.23. The van der Waals surface area contributed by atoms with Crippen molar-refractivity contribution in [1.82, 2.24) is 4.90 Å². The molecule has 0 aliphatic rings. The molecule has 0 aromatic rings. The Hall–Kier alpha value is -0.710. The fourth-order valence-electron chi connectivity index (χ4n) is 0.611. The highest BCUT2D eigenvalue weighted by atomic mass is 19.4. The number of rotatable bonds is 3. The van der Waals surface area contributed by atoms with Gasteiger partial charge >= 0.3 is 6.18 Å². The lowest BCUT2D eigenvalue weighted by molar-refractivity contribution is -0.141. The van der Waals surface area contributed by atoms with Crippen LogP contribution in [-0.2, 0) is 0 Å². The van der Waals surface area contributed by atoms with Crippen LogP contribution in [-0.4, -0.2) is 31.2 Å². The number of hydrogen-bond acceptors (Lipinski definition) is 2. The van der Waals surface area contributed by atoms with Crippen molar-refractivity contribution < 1.29 is 13.2 Å². The average Bonchev–Trinajstić information content (AvgIpc) is 1.79. The molecule has 2 nitrogen and oxygen atoms in total. The van der Waals surface area contributed by atoms with E-state index in [1.165, 1.54) is 19.3 Å². The van der Waals surface area contributed by atoms with Crippen molar-refractivity contribution in [3.8, 4) is 0 Å². The number of likely N-dealkylation sites (N-methyl/N-ethyl adjacent to an activating group) is 1. The zero-order chi connectivity index (χ0) is 8.91. The first kappa shape index (κ1) is 10.3. The fraction of sp³-hybridized carbons (Fsp3) is 0.667. The van der Waals surface area contributed by atoms with Gasteiger partial charge in [0.2, 0.25) is 0 Å². The van der Waals surface area contributed by atoms with Gasteiger partial charge in [-0.1, -0.05) is 6.08 Å². The number of alkyl halides is 3. The van der Waals surface area contributed by atoms with E-state index in [9.17, 15) is 13.2 Å². The Morgan fingerprint density at radius 1 is 1.45 bits per heavy atom. The number of nitrogens with zero attached hydrogens (tertiary/aromatic N) is 1. The highest BCUT2D eigenvalue weighted by molar-refractivity contribution is 4.79. The summed E-state index contributed by atoms with van der Waals surface area (Å²) in [6.07, 6.45) is -1.43. The molecule has 0 aromatic carbocycles. The summed E-state index contributed by atoms with van der Waals surface area (Å²) in [4.78, 5) is 1.13. The molecule has 0 atom stereocenters. The van der Waals surface area contributed by atoms with Crippen LogP contribution in [0.15, 0.2) is 12.3 Å². The van der Waals surface area contributed by atoms with Crippen molar-refractivity contribution in [1.29, 1.82) is 0 Å². The molecule has 0 aromatic heterocycles. The summed E-state index contributed by atoms with van der Waals surface area (Å²) >= 11 is 0. The lowest BCUT2D eigenvalue weighted by atomic mass is 10.5. The van der Waals surface area contributed by atoms with Crippen molar-refractivity contribution in [2.75, 3.05) is 20.1 Å². The SMILES string of the molecule is CN(C/C=C\N)CC(F)(F)F.